The number of sulfonamides is 1. The van der Waals surface area contributed by atoms with Gasteiger partial charge in [0.1, 0.15) is 4.90 Å². The number of halogens is 2. The molecule has 4 nitrogen and oxygen atoms in total. The fraction of sp³-hybridized carbons (Fsp3) is 0.0714. The lowest BCUT2D eigenvalue weighted by Gasteiger charge is -2.00. The van der Waals surface area contributed by atoms with E-state index in [4.69, 9.17) is 28.9 Å². The van der Waals surface area contributed by atoms with Crippen molar-refractivity contribution in [2.24, 2.45) is 5.73 Å². The maximum atomic E-state index is 12.1. The topological polar surface area (TPSA) is 74.1 Å². The van der Waals surface area contributed by atoms with Gasteiger partial charge in [-0.25, -0.2) is 0 Å². The van der Waals surface area contributed by atoms with Crippen LogP contribution < -0.4 is 10.1 Å². The normalized spacial score (nSPS) is 12.4. The van der Waals surface area contributed by atoms with E-state index >= 15 is 0 Å². The van der Waals surface area contributed by atoms with E-state index in [0.717, 1.165) is 4.90 Å². The van der Waals surface area contributed by atoms with E-state index < -0.39 is 10.0 Å². The molecule has 0 amide bonds. The number of hydrogen-bond acceptors (Lipinski definition) is 3. The first-order valence-electron chi connectivity index (χ1n) is 6.15. The van der Waals surface area contributed by atoms with Crippen molar-refractivity contribution in [2.75, 3.05) is 5.75 Å². The van der Waals surface area contributed by atoms with E-state index in [2.05, 4.69) is 4.40 Å². The summed E-state index contributed by atoms with van der Waals surface area (Å²) in [5.74, 6) is 0.462. The van der Waals surface area contributed by atoms with Gasteiger partial charge in [0.05, 0.1) is 5.75 Å². The summed E-state index contributed by atoms with van der Waals surface area (Å²) in [5.41, 5.74) is 5.76. The van der Waals surface area contributed by atoms with Crippen molar-refractivity contribution in [3.8, 4) is 0 Å². The first kappa shape index (κ1) is 17.1. The molecule has 0 radical (unpaired) electrons. The van der Waals surface area contributed by atoms with Crippen LogP contribution in [0.2, 0.25) is 10.0 Å². The van der Waals surface area contributed by atoms with Crippen LogP contribution in [0.5, 0.6) is 0 Å². The average Bonchev–Trinajstić information content (AvgIpc) is 2.46. The Balaban J connectivity index is 2.07. The molecule has 116 valence electrons. The zero-order valence-electron chi connectivity index (χ0n) is 11.3. The second-order valence-corrected chi connectivity index (χ2v) is 7.93. The molecule has 0 spiro atoms. The average molecular weight is 376 g/mol. The highest BCUT2D eigenvalue weighted by atomic mass is 35.5. The fourth-order valence-electron chi connectivity index (χ4n) is 1.57. The minimum absolute atomic E-state index is 0.108. The number of thioether (sulfide) groups is 1. The van der Waals surface area contributed by atoms with E-state index in [1.54, 1.807) is 12.1 Å². The summed E-state index contributed by atoms with van der Waals surface area (Å²) in [5, 5.41) is 1.11. The van der Waals surface area contributed by atoms with Gasteiger partial charge < -0.3 is 0 Å². The summed E-state index contributed by atoms with van der Waals surface area (Å²) in [7, 11) is -3.69. The molecule has 0 heterocycles. The molecule has 0 atom stereocenters. The van der Waals surface area contributed by atoms with Crippen LogP contribution in [0.1, 0.15) is 0 Å². The first-order chi connectivity index (χ1) is 10.4. The Morgan fingerprint density at radius 1 is 1.00 bits per heavy atom. The van der Waals surface area contributed by atoms with Crippen molar-refractivity contribution in [2.45, 2.75) is 9.79 Å². The SMILES string of the molecule is NC(CSc1ccc(Cl)cc1)=[NH+]S(=O)(=O)c1ccc(Cl)cc1. The van der Waals surface area contributed by atoms with Crippen LogP contribution in [0.3, 0.4) is 0 Å². The maximum Gasteiger partial charge on any atom is 0.328 e. The van der Waals surface area contributed by atoms with Gasteiger partial charge in [-0.05, 0) is 48.5 Å². The summed E-state index contributed by atoms with van der Waals surface area (Å²) < 4.78 is 26.6. The Morgan fingerprint density at radius 2 is 1.50 bits per heavy atom. The fourth-order valence-corrected chi connectivity index (χ4v) is 3.66. The lowest BCUT2D eigenvalue weighted by atomic mass is 10.4. The molecule has 0 bridgehead atoms. The minimum atomic E-state index is -3.69. The van der Waals surface area contributed by atoms with Gasteiger partial charge in [0.2, 0.25) is 0 Å². The molecule has 2 aromatic carbocycles. The first-order valence-corrected chi connectivity index (χ1v) is 9.37. The third-order valence-electron chi connectivity index (χ3n) is 2.60. The summed E-state index contributed by atoms with van der Waals surface area (Å²) >= 11 is 12.9. The van der Waals surface area contributed by atoms with Crippen LogP contribution in [-0.2, 0) is 10.0 Å². The van der Waals surface area contributed by atoms with Crippen molar-refractivity contribution < 1.29 is 12.8 Å². The molecule has 8 heteroatoms. The summed E-state index contributed by atoms with van der Waals surface area (Å²) in [4.78, 5) is 1.05. The molecule has 2 rings (SSSR count). The molecule has 0 aliphatic rings. The number of hydrogen-bond donors (Lipinski definition) is 2. The second kappa shape index (κ2) is 7.37. The van der Waals surface area contributed by atoms with Crippen LogP contribution in [0.4, 0.5) is 0 Å². The predicted octanol–water partition coefficient (Wildman–Crippen LogP) is 1.91. The Bertz CT molecular complexity index is 773. The van der Waals surface area contributed by atoms with Gasteiger partial charge in [-0.2, -0.15) is 12.8 Å². The van der Waals surface area contributed by atoms with Crippen molar-refractivity contribution in [1.29, 1.82) is 0 Å². The summed E-state index contributed by atoms with van der Waals surface area (Å²) in [6.07, 6.45) is 0. The Kier molecular flexibility index (Phi) is 5.74. The van der Waals surface area contributed by atoms with Crippen molar-refractivity contribution >= 4 is 50.8 Å². The monoisotopic (exact) mass is 375 g/mol. The number of nitrogens with two attached hydrogens (primary N) is 1. The molecule has 22 heavy (non-hydrogen) atoms. The molecule has 0 aliphatic carbocycles. The zero-order valence-corrected chi connectivity index (χ0v) is 14.4. The van der Waals surface area contributed by atoms with Crippen molar-refractivity contribution in [3.05, 3.63) is 58.6 Å². The van der Waals surface area contributed by atoms with Gasteiger partial charge in [0, 0.05) is 14.9 Å². The molecule has 3 N–H and O–H groups in total. The van der Waals surface area contributed by atoms with Crippen LogP contribution in [0.25, 0.3) is 0 Å². The van der Waals surface area contributed by atoms with E-state index in [0.29, 0.717) is 15.8 Å². The summed E-state index contributed by atoms with van der Waals surface area (Å²) in [6.45, 7) is 0. The molecule has 0 aromatic heterocycles. The minimum Gasteiger partial charge on any atom is -0.289 e. The Labute approximate surface area is 143 Å². The third-order valence-corrected chi connectivity index (χ3v) is 5.59. The highest BCUT2D eigenvalue weighted by molar-refractivity contribution is 8.00. The lowest BCUT2D eigenvalue weighted by Crippen LogP contribution is -2.79. The number of rotatable bonds is 5. The second-order valence-electron chi connectivity index (χ2n) is 4.33. The summed E-state index contributed by atoms with van der Waals surface area (Å²) in [6, 6.07) is 13.1. The molecule has 2 aromatic rings. The van der Waals surface area contributed by atoms with Crippen LogP contribution in [0.15, 0.2) is 58.3 Å². The third kappa shape index (κ3) is 4.91. The number of amidine groups is 1. The number of benzene rings is 2. The Morgan fingerprint density at radius 3 is 2.05 bits per heavy atom. The maximum absolute atomic E-state index is 12.1. The van der Waals surface area contributed by atoms with E-state index in [-0.39, 0.29) is 10.7 Å². The van der Waals surface area contributed by atoms with Crippen LogP contribution in [-0.4, -0.2) is 20.0 Å². The van der Waals surface area contributed by atoms with Gasteiger partial charge in [-0.3, -0.25) is 5.73 Å². The molecule has 0 fully saturated rings. The van der Waals surface area contributed by atoms with Gasteiger partial charge in [0.15, 0.2) is 0 Å². The standard InChI is InChI=1S/C14H12Cl2N2O2S2/c15-10-1-5-12(6-2-10)21-9-14(17)18-22(19,20)13-7-3-11(16)4-8-13/h1-8H,9H2,(H2,17,18)/p+1. The highest BCUT2D eigenvalue weighted by Crippen LogP contribution is 2.19. The smallest absolute Gasteiger partial charge is 0.289 e. The van der Waals surface area contributed by atoms with E-state index in [1.165, 1.54) is 36.0 Å². The van der Waals surface area contributed by atoms with Crippen LogP contribution >= 0.6 is 35.0 Å². The van der Waals surface area contributed by atoms with Gasteiger partial charge >= 0.3 is 10.0 Å². The molecule has 0 saturated carbocycles. The van der Waals surface area contributed by atoms with Gasteiger partial charge in [-0.1, -0.05) is 23.2 Å². The lowest BCUT2D eigenvalue weighted by molar-refractivity contribution is -0.269. The molecular weight excluding hydrogens is 363 g/mol. The molecule has 0 unspecified atom stereocenters. The van der Waals surface area contributed by atoms with E-state index in [9.17, 15) is 8.42 Å². The van der Waals surface area contributed by atoms with Crippen molar-refractivity contribution in [1.82, 2.24) is 0 Å². The Hall–Kier alpha value is -1.21. The van der Waals surface area contributed by atoms with E-state index in [1.807, 2.05) is 12.1 Å². The zero-order chi connectivity index (χ0) is 16.2. The molecule has 0 aliphatic heterocycles. The predicted molar refractivity (Wildman–Crippen MR) is 91.0 cm³/mol. The highest BCUT2D eigenvalue weighted by Gasteiger charge is 2.16. The van der Waals surface area contributed by atoms with Gasteiger partial charge in [-0.15, -0.1) is 11.8 Å². The number of nitrogens with one attached hydrogen (secondary N) is 1. The largest absolute Gasteiger partial charge is 0.328 e. The van der Waals surface area contributed by atoms with Crippen molar-refractivity contribution in [3.63, 3.8) is 0 Å². The van der Waals surface area contributed by atoms with Crippen LogP contribution in [0, 0.1) is 0 Å². The quantitative estimate of drug-likeness (QED) is 0.475. The van der Waals surface area contributed by atoms with Gasteiger partial charge in [0.25, 0.3) is 5.84 Å². The molecule has 0 saturated heterocycles. The molecular formula is C14H13Cl2N2O2S2+.